The minimum atomic E-state index is 0.193. The Hall–Kier alpha value is -1.46. The standard InChI is InChI=1S/C19H25N3OS.C3H8/c1-13-6-9-21(10-7-13)19(23)14-3-4-17-15(11-14)16-12-20-8-5-18(16)22(17)24-2;1-3-2/h3-4,11,13,20H,5-10,12H2,1-2H3;3H2,1-2H3. The Morgan fingerprint density at radius 2 is 1.96 bits per heavy atom. The number of rotatable bonds is 2. The van der Waals surface area contributed by atoms with E-state index in [4.69, 9.17) is 0 Å². The highest BCUT2D eigenvalue weighted by molar-refractivity contribution is 7.97. The van der Waals surface area contributed by atoms with Gasteiger partial charge in [0.2, 0.25) is 0 Å². The van der Waals surface area contributed by atoms with Crippen molar-refractivity contribution in [2.24, 2.45) is 5.92 Å². The molecule has 0 radical (unpaired) electrons. The SMILES string of the molecule is CCC.CSn1c2c(c3cc(C(=O)N4CCC(C)CC4)ccc31)CNCC2. The number of nitrogens with one attached hydrogen (secondary N) is 1. The normalized spacial score (nSPS) is 17.4. The molecule has 1 saturated heterocycles. The fourth-order valence-electron chi connectivity index (χ4n) is 3.98. The predicted molar refractivity (Wildman–Crippen MR) is 117 cm³/mol. The molecule has 2 aliphatic heterocycles. The number of likely N-dealkylation sites (tertiary alicyclic amines) is 1. The molecule has 0 bridgehead atoms. The summed E-state index contributed by atoms with van der Waals surface area (Å²) >= 11 is 1.76. The second kappa shape index (κ2) is 9.16. The van der Waals surface area contributed by atoms with Gasteiger partial charge in [0.05, 0.1) is 5.52 Å². The summed E-state index contributed by atoms with van der Waals surface area (Å²) in [5, 5.41) is 4.71. The molecule has 0 unspecified atom stereocenters. The van der Waals surface area contributed by atoms with Gasteiger partial charge >= 0.3 is 0 Å². The number of fused-ring (bicyclic) bond motifs is 3. The van der Waals surface area contributed by atoms with Gasteiger partial charge in [-0.1, -0.05) is 27.2 Å². The number of carbonyl (C=O) groups is 1. The summed E-state index contributed by atoms with van der Waals surface area (Å²) in [4.78, 5) is 14.9. The largest absolute Gasteiger partial charge is 0.339 e. The van der Waals surface area contributed by atoms with Gasteiger partial charge in [-0.2, -0.15) is 0 Å². The van der Waals surface area contributed by atoms with Crippen molar-refractivity contribution < 1.29 is 4.79 Å². The van der Waals surface area contributed by atoms with Crippen LogP contribution in [-0.2, 0) is 13.0 Å². The van der Waals surface area contributed by atoms with E-state index in [1.165, 1.54) is 28.6 Å². The van der Waals surface area contributed by atoms with Crippen molar-refractivity contribution in [3.63, 3.8) is 0 Å². The zero-order chi connectivity index (χ0) is 19.4. The van der Waals surface area contributed by atoms with Gasteiger partial charge in [0.25, 0.3) is 5.91 Å². The van der Waals surface area contributed by atoms with E-state index < -0.39 is 0 Å². The Balaban J connectivity index is 0.000000659. The minimum absolute atomic E-state index is 0.193. The molecular weight excluding hydrogens is 354 g/mol. The van der Waals surface area contributed by atoms with E-state index in [9.17, 15) is 4.79 Å². The lowest BCUT2D eigenvalue weighted by Gasteiger charge is -2.30. The highest BCUT2D eigenvalue weighted by Gasteiger charge is 2.24. The number of aromatic nitrogens is 1. The van der Waals surface area contributed by atoms with E-state index in [2.05, 4.69) is 48.4 Å². The molecule has 4 nitrogen and oxygen atoms in total. The third kappa shape index (κ3) is 4.19. The number of piperidine rings is 1. The maximum absolute atomic E-state index is 12.9. The van der Waals surface area contributed by atoms with Crippen molar-refractivity contribution in [1.82, 2.24) is 14.2 Å². The first kappa shape index (κ1) is 20.3. The first-order chi connectivity index (χ1) is 13.1. The lowest BCUT2D eigenvalue weighted by atomic mass is 9.98. The van der Waals surface area contributed by atoms with Gasteiger partial charge in [-0.05, 0) is 54.5 Å². The number of benzene rings is 1. The van der Waals surface area contributed by atoms with Crippen LogP contribution in [0, 0.1) is 5.92 Å². The summed E-state index contributed by atoms with van der Waals surface area (Å²) in [7, 11) is 0. The molecule has 2 aliphatic rings. The predicted octanol–water partition coefficient (Wildman–Crippen LogP) is 4.70. The molecule has 0 aliphatic carbocycles. The maximum Gasteiger partial charge on any atom is 0.253 e. The zero-order valence-corrected chi connectivity index (χ0v) is 18.0. The van der Waals surface area contributed by atoms with Crippen LogP contribution >= 0.6 is 11.9 Å². The van der Waals surface area contributed by atoms with Gasteiger partial charge in [-0.3, -0.25) is 8.77 Å². The average Bonchev–Trinajstić information content (AvgIpc) is 3.01. The van der Waals surface area contributed by atoms with Crippen LogP contribution in [0.15, 0.2) is 18.2 Å². The first-order valence-corrected chi connectivity index (χ1v) is 11.5. The van der Waals surface area contributed by atoms with Crippen molar-refractivity contribution in [1.29, 1.82) is 0 Å². The number of hydrogen-bond acceptors (Lipinski definition) is 3. The van der Waals surface area contributed by atoms with Crippen LogP contribution < -0.4 is 5.32 Å². The van der Waals surface area contributed by atoms with Crippen LogP contribution in [0.3, 0.4) is 0 Å². The molecule has 1 fully saturated rings. The minimum Gasteiger partial charge on any atom is -0.339 e. The lowest BCUT2D eigenvalue weighted by molar-refractivity contribution is 0.0697. The molecule has 1 aromatic heterocycles. The van der Waals surface area contributed by atoms with E-state index in [1.54, 1.807) is 11.9 Å². The van der Waals surface area contributed by atoms with Gasteiger partial charge in [0, 0.05) is 55.5 Å². The molecule has 1 aromatic carbocycles. The average molecular weight is 388 g/mol. The molecule has 4 rings (SSSR count). The number of carbonyl (C=O) groups excluding carboxylic acids is 1. The fourth-order valence-corrected chi connectivity index (χ4v) is 4.76. The molecule has 3 heterocycles. The molecule has 27 heavy (non-hydrogen) atoms. The van der Waals surface area contributed by atoms with Crippen LogP contribution in [0.1, 0.15) is 61.6 Å². The van der Waals surface area contributed by atoms with Crippen molar-refractivity contribution >= 4 is 28.8 Å². The molecule has 0 atom stereocenters. The molecule has 0 spiro atoms. The summed E-state index contributed by atoms with van der Waals surface area (Å²) in [6.07, 6.45) is 6.67. The molecule has 1 amide bonds. The van der Waals surface area contributed by atoms with E-state index in [-0.39, 0.29) is 5.91 Å². The monoisotopic (exact) mass is 387 g/mol. The topological polar surface area (TPSA) is 37.3 Å². The highest BCUT2D eigenvalue weighted by atomic mass is 32.2. The number of amides is 1. The van der Waals surface area contributed by atoms with Gasteiger partial charge in [0.15, 0.2) is 0 Å². The van der Waals surface area contributed by atoms with Crippen molar-refractivity contribution in [3.05, 3.63) is 35.0 Å². The lowest BCUT2D eigenvalue weighted by Crippen LogP contribution is -2.37. The van der Waals surface area contributed by atoms with E-state index in [1.807, 2.05) is 11.0 Å². The molecule has 1 N–H and O–H groups in total. The van der Waals surface area contributed by atoms with E-state index >= 15 is 0 Å². The Morgan fingerprint density at radius 3 is 2.63 bits per heavy atom. The van der Waals surface area contributed by atoms with Crippen LogP contribution in [0.25, 0.3) is 10.9 Å². The molecule has 0 saturated carbocycles. The summed E-state index contributed by atoms with van der Waals surface area (Å²) in [6.45, 7) is 10.2. The Morgan fingerprint density at radius 1 is 1.26 bits per heavy atom. The van der Waals surface area contributed by atoms with Gasteiger partial charge < -0.3 is 10.2 Å². The second-order valence-corrected chi connectivity index (χ2v) is 8.47. The fraction of sp³-hybridized carbons (Fsp3) is 0.591. The van der Waals surface area contributed by atoms with Gasteiger partial charge in [-0.15, -0.1) is 0 Å². The Bertz CT molecular complexity index is 790. The van der Waals surface area contributed by atoms with Crippen LogP contribution in [-0.4, -0.2) is 40.7 Å². The smallest absolute Gasteiger partial charge is 0.253 e. The summed E-state index contributed by atoms with van der Waals surface area (Å²) in [5.41, 5.74) is 4.85. The van der Waals surface area contributed by atoms with Crippen LogP contribution in [0.2, 0.25) is 0 Å². The quantitative estimate of drug-likeness (QED) is 0.811. The van der Waals surface area contributed by atoms with E-state index in [0.717, 1.165) is 56.9 Å². The Kier molecular flexibility index (Phi) is 6.88. The molecule has 5 heteroatoms. The van der Waals surface area contributed by atoms with Crippen molar-refractivity contribution in [2.75, 3.05) is 25.9 Å². The second-order valence-electron chi connectivity index (χ2n) is 7.74. The molecular formula is C22H33N3OS. The van der Waals surface area contributed by atoms with Gasteiger partial charge in [0.1, 0.15) is 0 Å². The highest BCUT2D eigenvalue weighted by Crippen LogP contribution is 2.32. The third-order valence-electron chi connectivity index (χ3n) is 5.47. The number of hydrogen-bond donors (Lipinski definition) is 1. The Labute approximate surface area is 167 Å². The van der Waals surface area contributed by atoms with Crippen molar-refractivity contribution in [3.8, 4) is 0 Å². The van der Waals surface area contributed by atoms with Gasteiger partial charge in [-0.25, -0.2) is 0 Å². The third-order valence-corrected chi connectivity index (χ3v) is 6.26. The zero-order valence-electron chi connectivity index (χ0n) is 17.2. The molecule has 148 valence electrons. The van der Waals surface area contributed by atoms with Crippen molar-refractivity contribution in [2.45, 2.75) is 53.0 Å². The van der Waals surface area contributed by atoms with Crippen LogP contribution in [0.5, 0.6) is 0 Å². The van der Waals surface area contributed by atoms with Crippen LogP contribution in [0.4, 0.5) is 0 Å². The number of nitrogens with zero attached hydrogens (tertiary/aromatic N) is 2. The summed E-state index contributed by atoms with van der Waals surface area (Å²) < 4.78 is 2.34. The van der Waals surface area contributed by atoms with E-state index in [0.29, 0.717) is 0 Å². The summed E-state index contributed by atoms with van der Waals surface area (Å²) in [6, 6.07) is 6.26. The summed E-state index contributed by atoms with van der Waals surface area (Å²) in [5.74, 6) is 0.934. The first-order valence-electron chi connectivity index (χ1n) is 10.3. The molecule has 2 aromatic rings. The maximum atomic E-state index is 12.9.